The lowest BCUT2D eigenvalue weighted by molar-refractivity contribution is -0.143. The van der Waals surface area contributed by atoms with Crippen LogP contribution >= 0.6 is 0 Å². The van der Waals surface area contributed by atoms with Gasteiger partial charge in [-0.15, -0.1) is 0 Å². The second-order valence-corrected chi connectivity index (χ2v) is 6.98. The molecule has 0 unspecified atom stereocenters. The van der Waals surface area contributed by atoms with Gasteiger partial charge in [0, 0.05) is 37.6 Å². The molecule has 136 valence electrons. The molecule has 0 atom stereocenters. The molecule has 2 aliphatic rings. The summed E-state index contributed by atoms with van der Waals surface area (Å²) in [5, 5.41) is 12.0. The summed E-state index contributed by atoms with van der Waals surface area (Å²) in [6, 6.07) is 7.87. The zero-order valence-corrected chi connectivity index (χ0v) is 14.6. The van der Waals surface area contributed by atoms with Crippen molar-refractivity contribution in [2.75, 3.05) is 36.4 Å². The van der Waals surface area contributed by atoms with Crippen LogP contribution < -0.4 is 10.2 Å². The molecule has 1 aromatic carbocycles. The monoisotopic (exact) mass is 345 g/mol. The third-order valence-electron chi connectivity index (χ3n) is 5.20. The van der Waals surface area contributed by atoms with Crippen molar-refractivity contribution in [3.8, 4) is 0 Å². The molecule has 2 N–H and O–H groups in total. The molecule has 0 aromatic heterocycles. The molecule has 0 spiro atoms. The highest BCUT2D eigenvalue weighted by molar-refractivity contribution is 5.90. The quantitative estimate of drug-likeness (QED) is 0.881. The highest BCUT2D eigenvalue weighted by Crippen LogP contribution is 2.24. The Morgan fingerprint density at radius 2 is 1.68 bits per heavy atom. The summed E-state index contributed by atoms with van der Waals surface area (Å²) in [5.74, 6) is -1.08. The van der Waals surface area contributed by atoms with Crippen molar-refractivity contribution < 1.29 is 14.7 Å². The average molecular weight is 345 g/mol. The van der Waals surface area contributed by atoms with Gasteiger partial charge in [0.25, 0.3) is 0 Å². The van der Waals surface area contributed by atoms with Gasteiger partial charge >= 0.3 is 12.0 Å². The molecule has 1 aromatic rings. The van der Waals surface area contributed by atoms with Gasteiger partial charge in [-0.05, 0) is 43.9 Å². The number of carboxylic acids is 1. The highest BCUT2D eigenvalue weighted by Gasteiger charge is 2.27. The van der Waals surface area contributed by atoms with Gasteiger partial charge in [-0.2, -0.15) is 0 Å². The third kappa shape index (κ3) is 4.65. The average Bonchev–Trinajstić information content (AvgIpc) is 2.91. The summed E-state index contributed by atoms with van der Waals surface area (Å²) in [4.78, 5) is 27.5. The van der Waals surface area contributed by atoms with E-state index in [1.165, 1.54) is 25.7 Å². The number of nitrogens with one attached hydrogen (secondary N) is 1. The fraction of sp³-hybridized carbons (Fsp3) is 0.579. The Balaban J connectivity index is 1.58. The number of urea groups is 1. The maximum absolute atomic E-state index is 12.4. The molecule has 0 bridgehead atoms. The normalized spacial score (nSPS) is 19.4. The predicted octanol–water partition coefficient (Wildman–Crippen LogP) is 3.40. The van der Waals surface area contributed by atoms with Crippen LogP contribution in [0.3, 0.4) is 0 Å². The fourth-order valence-electron chi connectivity index (χ4n) is 3.64. The maximum Gasteiger partial charge on any atom is 0.321 e. The van der Waals surface area contributed by atoms with Gasteiger partial charge in [0.1, 0.15) is 0 Å². The largest absolute Gasteiger partial charge is 0.481 e. The molecule has 3 rings (SSSR count). The molecule has 2 fully saturated rings. The van der Waals surface area contributed by atoms with Crippen LogP contribution in [0.4, 0.5) is 16.2 Å². The number of piperidine rings is 1. The van der Waals surface area contributed by atoms with Gasteiger partial charge in [0.15, 0.2) is 0 Å². The predicted molar refractivity (Wildman–Crippen MR) is 98.1 cm³/mol. The fourth-order valence-corrected chi connectivity index (χ4v) is 3.64. The van der Waals surface area contributed by atoms with Crippen LogP contribution in [0.1, 0.15) is 38.5 Å². The van der Waals surface area contributed by atoms with Gasteiger partial charge < -0.3 is 20.2 Å². The number of carboxylic acid groups (broad SMARTS) is 1. The van der Waals surface area contributed by atoms with Crippen molar-refractivity contribution in [1.82, 2.24) is 4.90 Å². The number of carbonyl (C=O) groups excluding carboxylic acids is 1. The lowest BCUT2D eigenvalue weighted by Crippen LogP contribution is -2.42. The van der Waals surface area contributed by atoms with Gasteiger partial charge in [-0.1, -0.05) is 18.9 Å². The second-order valence-electron chi connectivity index (χ2n) is 6.98. The van der Waals surface area contributed by atoms with Crippen LogP contribution in [0.5, 0.6) is 0 Å². The minimum atomic E-state index is -0.759. The Hall–Kier alpha value is -2.24. The van der Waals surface area contributed by atoms with Crippen LogP contribution in [0.2, 0.25) is 0 Å². The summed E-state index contributed by atoms with van der Waals surface area (Å²) in [5.41, 5.74) is 1.95. The smallest absolute Gasteiger partial charge is 0.321 e. The number of carbonyl (C=O) groups is 2. The molecule has 2 saturated heterocycles. The topological polar surface area (TPSA) is 72.9 Å². The Morgan fingerprint density at radius 1 is 1.00 bits per heavy atom. The van der Waals surface area contributed by atoms with E-state index in [0.29, 0.717) is 25.9 Å². The molecule has 0 saturated carbocycles. The minimum absolute atomic E-state index is 0.142. The van der Waals surface area contributed by atoms with Gasteiger partial charge in [0.05, 0.1) is 5.92 Å². The van der Waals surface area contributed by atoms with Crippen molar-refractivity contribution in [3.05, 3.63) is 24.3 Å². The zero-order chi connectivity index (χ0) is 17.6. The Kier molecular flexibility index (Phi) is 5.79. The number of nitrogens with zero attached hydrogens (tertiary/aromatic N) is 2. The number of likely N-dealkylation sites (tertiary alicyclic amines) is 1. The van der Waals surface area contributed by atoms with Gasteiger partial charge in [-0.3, -0.25) is 4.79 Å². The van der Waals surface area contributed by atoms with E-state index in [9.17, 15) is 9.59 Å². The first-order valence-electron chi connectivity index (χ1n) is 9.27. The number of aliphatic carboxylic acids is 1. The van der Waals surface area contributed by atoms with Crippen LogP contribution in [0.15, 0.2) is 24.3 Å². The van der Waals surface area contributed by atoms with E-state index in [0.717, 1.165) is 24.5 Å². The van der Waals surface area contributed by atoms with E-state index < -0.39 is 5.97 Å². The van der Waals surface area contributed by atoms with Crippen molar-refractivity contribution in [2.45, 2.75) is 38.5 Å². The van der Waals surface area contributed by atoms with Crippen molar-refractivity contribution in [3.63, 3.8) is 0 Å². The van der Waals surface area contributed by atoms with E-state index in [1.807, 2.05) is 18.2 Å². The first-order chi connectivity index (χ1) is 12.1. The maximum atomic E-state index is 12.4. The molecule has 25 heavy (non-hydrogen) atoms. The van der Waals surface area contributed by atoms with E-state index >= 15 is 0 Å². The van der Waals surface area contributed by atoms with E-state index in [1.54, 1.807) is 4.90 Å². The third-order valence-corrected chi connectivity index (χ3v) is 5.20. The summed E-state index contributed by atoms with van der Waals surface area (Å²) in [6.07, 6.45) is 6.07. The summed E-state index contributed by atoms with van der Waals surface area (Å²) >= 11 is 0. The highest BCUT2D eigenvalue weighted by atomic mass is 16.4. The molecule has 0 aliphatic carbocycles. The van der Waals surface area contributed by atoms with Crippen LogP contribution in [-0.4, -0.2) is 48.2 Å². The van der Waals surface area contributed by atoms with E-state index in [2.05, 4.69) is 16.3 Å². The van der Waals surface area contributed by atoms with Crippen molar-refractivity contribution in [2.24, 2.45) is 5.92 Å². The summed E-state index contributed by atoms with van der Waals surface area (Å²) < 4.78 is 0. The lowest BCUT2D eigenvalue weighted by atomic mass is 9.97. The summed E-state index contributed by atoms with van der Waals surface area (Å²) in [6.45, 7) is 3.13. The van der Waals surface area contributed by atoms with Crippen LogP contribution in [0.25, 0.3) is 0 Å². The molecule has 6 nitrogen and oxygen atoms in total. The molecule has 6 heteroatoms. The molecule has 2 aliphatic heterocycles. The second kappa shape index (κ2) is 8.23. The zero-order valence-electron chi connectivity index (χ0n) is 14.6. The van der Waals surface area contributed by atoms with Crippen molar-refractivity contribution >= 4 is 23.4 Å². The van der Waals surface area contributed by atoms with Gasteiger partial charge in [-0.25, -0.2) is 4.79 Å². The molecular weight excluding hydrogens is 318 g/mol. The minimum Gasteiger partial charge on any atom is -0.481 e. The number of amides is 2. The molecular formula is C19H27N3O3. The summed E-state index contributed by atoms with van der Waals surface area (Å²) in [7, 11) is 0. The first kappa shape index (κ1) is 17.6. The number of rotatable bonds is 3. The Bertz CT molecular complexity index is 604. The number of hydrogen-bond donors (Lipinski definition) is 2. The van der Waals surface area contributed by atoms with E-state index in [4.69, 9.17) is 5.11 Å². The standard InChI is InChI=1S/C19H27N3O3/c23-18(24)15-8-12-22(13-9-15)19(25)20-16-6-5-7-17(14-16)21-10-3-1-2-4-11-21/h5-7,14-15H,1-4,8-13H2,(H,20,25)(H,23,24). The lowest BCUT2D eigenvalue weighted by Gasteiger charge is -2.30. The first-order valence-corrected chi connectivity index (χ1v) is 9.27. The SMILES string of the molecule is O=C(O)C1CCN(C(=O)Nc2cccc(N3CCCCCC3)c2)CC1. The number of anilines is 2. The number of hydrogen-bond acceptors (Lipinski definition) is 3. The van der Waals surface area contributed by atoms with Crippen LogP contribution in [-0.2, 0) is 4.79 Å². The van der Waals surface area contributed by atoms with Crippen LogP contribution in [0, 0.1) is 5.92 Å². The molecule has 0 radical (unpaired) electrons. The number of benzene rings is 1. The molecule has 2 amide bonds. The van der Waals surface area contributed by atoms with Gasteiger partial charge in [0.2, 0.25) is 0 Å². The Morgan fingerprint density at radius 3 is 2.32 bits per heavy atom. The Labute approximate surface area is 148 Å². The van der Waals surface area contributed by atoms with Crippen molar-refractivity contribution in [1.29, 1.82) is 0 Å². The van der Waals surface area contributed by atoms with E-state index in [-0.39, 0.29) is 11.9 Å². The molecule has 2 heterocycles.